The molecule has 2 rings (SSSR count). The topological polar surface area (TPSA) is 52.0 Å². The van der Waals surface area contributed by atoms with Gasteiger partial charge in [0, 0.05) is 19.0 Å². The van der Waals surface area contributed by atoms with Crippen molar-refractivity contribution in [3.63, 3.8) is 0 Å². The van der Waals surface area contributed by atoms with E-state index in [1.807, 2.05) is 10.9 Å². The lowest BCUT2D eigenvalue weighted by Gasteiger charge is -2.26. The number of aromatic nitrogens is 3. The van der Waals surface area contributed by atoms with Crippen LogP contribution in [0.1, 0.15) is 59.7 Å². The molecule has 0 bridgehead atoms. The Labute approximate surface area is 115 Å². The molecule has 19 heavy (non-hydrogen) atoms. The molecule has 1 N–H and O–H groups in total. The molecule has 2 heterocycles. The first-order chi connectivity index (χ1) is 8.70. The smallest absolute Gasteiger partial charge is 0.0965 e. The first kappa shape index (κ1) is 14.5. The zero-order chi connectivity index (χ0) is 14.3. The van der Waals surface area contributed by atoms with E-state index in [0.717, 1.165) is 18.7 Å². The zero-order valence-electron chi connectivity index (χ0n) is 12.9. The van der Waals surface area contributed by atoms with Gasteiger partial charge in [-0.3, -0.25) is 0 Å². The molecule has 1 unspecified atom stereocenters. The molecule has 1 fully saturated rings. The van der Waals surface area contributed by atoms with Crippen molar-refractivity contribution in [1.29, 1.82) is 0 Å². The molecule has 1 saturated heterocycles. The van der Waals surface area contributed by atoms with Gasteiger partial charge in [0.15, 0.2) is 0 Å². The van der Waals surface area contributed by atoms with Crippen LogP contribution in [0.25, 0.3) is 0 Å². The Hall–Kier alpha value is -0.940. The first-order valence-corrected chi connectivity index (χ1v) is 7.04. The number of nitrogens with one attached hydrogen (secondary N) is 1. The van der Waals surface area contributed by atoms with Crippen LogP contribution < -0.4 is 5.32 Å². The van der Waals surface area contributed by atoms with Gasteiger partial charge in [-0.2, -0.15) is 0 Å². The lowest BCUT2D eigenvalue weighted by molar-refractivity contribution is -0.0738. The summed E-state index contributed by atoms with van der Waals surface area (Å²) in [6, 6.07) is 0.693. The van der Waals surface area contributed by atoms with Gasteiger partial charge in [-0.15, -0.1) is 5.10 Å². The van der Waals surface area contributed by atoms with E-state index in [1.165, 1.54) is 0 Å². The molecular formula is C14H26N4O. The monoisotopic (exact) mass is 266 g/mol. The molecule has 1 atom stereocenters. The summed E-state index contributed by atoms with van der Waals surface area (Å²) in [7, 11) is 0. The van der Waals surface area contributed by atoms with E-state index in [-0.39, 0.29) is 17.2 Å². The van der Waals surface area contributed by atoms with Gasteiger partial charge >= 0.3 is 0 Å². The van der Waals surface area contributed by atoms with E-state index < -0.39 is 0 Å². The van der Waals surface area contributed by atoms with Crippen molar-refractivity contribution >= 4 is 0 Å². The van der Waals surface area contributed by atoms with Crippen molar-refractivity contribution in [3.05, 3.63) is 11.9 Å². The predicted molar refractivity (Wildman–Crippen MR) is 74.9 cm³/mol. The predicted octanol–water partition coefficient (Wildman–Crippen LogP) is 2.29. The highest BCUT2D eigenvalue weighted by atomic mass is 16.5. The number of ether oxygens (including phenoxy) is 1. The first-order valence-electron chi connectivity index (χ1n) is 7.04. The molecule has 0 spiro atoms. The van der Waals surface area contributed by atoms with E-state index in [0.29, 0.717) is 6.04 Å². The molecule has 0 radical (unpaired) electrons. The van der Waals surface area contributed by atoms with Crippen LogP contribution in [0.4, 0.5) is 0 Å². The second kappa shape index (κ2) is 4.87. The SMILES string of the molecule is CC(C)NCc1cn(C2CC(C)(C)OC2(C)C)nn1. The standard InChI is InChI=1S/C14H26N4O/c1-10(2)15-8-11-9-18(17-16-11)12-7-13(3,4)19-14(12,5)6/h9-10,12,15H,7-8H2,1-6H3. The summed E-state index contributed by atoms with van der Waals surface area (Å²) in [6.45, 7) is 13.5. The van der Waals surface area contributed by atoms with Gasteiger partial charge in [0.2, 0.25) is 0 Å². The van der Waals surface area contributed by atoms with Gasteiger partial charge in [-0.05, 0) is 27.7 Å². The second-order valence-electron chi connectivity index (χ2n) is 6.91. The number of hydrogen-bond donors (Lipinski definition) is 1. The minimum absolute atomic E-state index is 0.101. The van der Waals surface area contributed by atoms with Crippen LogP contribution in [0.5, 0.6) is 0 Å². The Bertz CT molecular complexity index is 436. The Morgan fingerprint density at radius 2 is 2.11 bits per heavy atom. The van der Waals surface area contributed by atoms with Gasteiger partial charge in [0.1, 0.15) is 0 Å². The Balaban J connectivity index is 2.10. The molecule has 1 aromatic rings. The molecule has 0 amide bonds. The van der Waals surface area contributed by atoms with Crippen LogP contribution in [0.2, 0.25) is 0 Å². The molecule has 0 saturated carbocycles. The molecule has 1 aliphatic heterocycles. The van der Waals surface area contributed by atoms with Crippen LogP contribution in [-0.2, 0) is 11.3 Å². The largest absolute Gasteiger partial charge is 0.367 e. The minimum Gasteiger partial charge on any atom is -0.367 e. The number of hydrogen-bond acceptors (Lipinski definition) is 4. The van der Waals surface area contributed by atoms with Gasteiger partial charge in [0.05, 0.1) is 29.1 Å². The van der Waals surface area contributed by atoms with E-state index in [9.17, 15) is 0 Å². The quantitative estimate of drug-likeness (QED) is 0.908. The fourth-order valence-electron chi connectivity index (χ4n) is 2.80. The summed E-state index contributed by atoms with van der Waals surface area (Å²) in [5.74, 6) is 0. The van der Waals surface area contributed by atoms with Gasteiger partial charge in [-0.1, -0.05) is 19.1 Å². The third-order valence-electron chi connectivity index (χ3n) is 3.60. The summed E-state index contributed by atoms with van der Waals surface area (Å²) in [5.41, 5.74) is 0.672. The van der Waals surface area contributed by atoms with E-state index in [2.05, 4.69) is 57.2 Å². The van der Waals surface area contributed by atoms with Crippen molar-refractivity contribution in [3.8, 4) is 0 Å². The van der Waals surface area contributed by atoms with Crippen LogP contribution in [0.3, 0.4) is 0 Å². The fourth-order valence-corrected chi connectivity index (χ4v) is 2.80. The highest BCUT2D eigenvalue weighted by Crippen LogP contribution is 2.44. The third kappa shape index (κ3) is 3.34. The average Bonchev–Trinajstić information content (AvgIpc) is 2.77. The van der Waals surface area contributed by atoms with E-state index in [1.54, 1.807) is 0 Å². The van der Waals surface area contributed by atoms with Crippen molar-refractivity contribution in [2.45, 2.75) is 77.8 Å². The van der Waals surface area contributed by atoms with Crippen LogP contribution in [-0.4, -0.2) is 32.2 Å². The maximum atomic E-state index is 6.11. The number of rotatable bonds is 4. The van der Waals surface area contributed by atoms with Crippen LogP contribution in [0.15, 0.2) is 6.20 Å². The molecule has 108 valence electrons. The molecule has 5 heteroatoms. The van der Waals surface area contributed by atoms with Gasteiger partial charge in [0.25, 0.3) is 0 Å². The van der Waals surface area contributed by atoms with Crippen molar-refractivity contribution < 1.29 is 4.74 Å². The Morgan fingerprint density at radius 3 is 2.63 bits per heavy atom. The highest BCUT2D eigenvalue weighted by Gasteiger charge is 2.47. The van der Waals surface area contributed by atoms with E-state index >= 15 is 0 Å². The molecule has 0 aliphatic carbocycles. The zero-order valence-corrected chi connectivity index (χ0v) is 12.9. The van der Waals surface area contributed by atoms with Crippen molar-refractivity contribution in [1.82, 2.24) is 20.3 Å². The minimum atomic E-state index is -0.208. The molecule has 1 aromatic heterocycles. The summed E-state index contributed by atoms with van der Waals surface area (Å²) in [5, 5.41) is 11.9. The maximum Gasteiger partial charge on any atom is 0.0965 e. The average molecular weight is 266 g/mol. The Kier molecular flexibility index (Phi) is 3.71. The van der Waals surface area contributed by atoms with Gasteiger partial charge in [-0.25, -0.2) is 4.68 Å². The molecule has 5 nitrogen and oxygen atoms in total. The maximum absolute atomic E-state index is 6.11. The molecular weight excluding hydrogens is 240 g/mol. The summed E-state index contributed by atoms with van der Waals surface area (Å²) in [4.78, 5) is 0. The second-order valence-corrected chi connectivity index (χ2v) is 6.91. The van der Waals surface area contributed by atoms with Crippen molar-refractivity contribution in [2.75, 3.05) is 0 Å². The summed E-state index contributed by atoms with van der Waals surface area (Å²) >= 11 is 0. The fraction of sp³-hybridized carbons (Fsp3) is 0.857. The third-order valence-corrected chi connectivity index (χ3v) is 3.60. The normalized spacial score (nSPS) is 25.1. The Morgan fingerprint density at radius 1 is 1.42 bits per heavy atom. The lowest BCUT2D eigenvalue weighted by atomic mass is 9.95. The summed E-state index contributed by atoms with van der Waals surface area (Å²) < 4.78 is 8.07. The van der Waals surface area contributed by atoms with Crippen LogP contribution in [0, 0.1) is 0 Å². The van der Waals surface area contributed by atoms with Gasteiger partial charge < -0.3 is 10.1 Å². The lowest BCUT2D eigenvalue weighted by Crippen LogP contribution is -2.31. The van der Waals surface area contributed by atoms with Crippen molar-refractivity contribution in [2.24, 2.45) is 0 Å². The number of nitrogens with zero attached hydrogens (tertiary/aromatic N) is 3. The molecule has 0 aromatic carbocycles. The van der Waals surface area contributed by atoms with Crippen LogP contribution >= 0.6 is 0 Å². The molecule has 1 aliphatic rings. The summed E-state index contributed by atoms with van der Waals surface area (Å²) in [6.07, 6.45) is 2.99. The highest BCUT2D eigenvalue weighted by molar-refractivity contribution is 5.01. The van der Waals surface area contributed by atoms with E-state index in [4.69, 9.17) is 4.74 Å².